The highest BCUT2D eigenvalue weighted by Gasteiger charge is 2.31. The molecule has 3 N–H and O–H groups in total. The van der Waals surface area contributed by atoms with E-state index in [1.165, 1.54) is 6.07 Å². The maximum atomic E-state index is 13.5. The molecule has 3 nitrogen and oxygen atoms in total. The summed E-state index contributed by atoms with van der Waals surface area (Å²) in [5, 5.41) is 3.25. The van der Waals surface area contributed by atoms with Crippen molar-refractivity contribution in [1.29, 1.82) is 0 Å². The monoisotopic (exact) mass is 302 g/mol. The van der Waals surface area contributed by atoms with Gasteiger partial charge in [0.25, 0.3) is 0 Å². The minimum atomic E-state index is -3.06. The van der Waals surface area contributed by atoms with E-state index in [0.29, 0.717) is 17.5 Å². The lowest BCUT2D eigenvalue weighted by atomic mass is 9.93. The third-order valence-corrected chi connectivity index (χ3v) is 4.41. The molecule has 0 saturated heterocycles. The molecule has 3 unspecified atom stereocenters. The number of nitrogens with one attached hydrogen (secondary N) is 1. The average Bonchev–Trinajstić information content (AvgIpc) is 2.75. The van der Waals surface area contributed by atoms with Crippen LogP contribution in [0.3, 0.4) is 0 Å². The van der Waals surface area contributed by atoms with Gasteiger partial charge in [-0.15, -0.1) is 0 Å². The van der Waals surface area contributed by atoms with Gasteiger partial charge in [-0.1, -0.05) is 20.3 Å². The number of hydrogen-bond donors (Lipinski definition) is 2. The Morgan fingerprint density at radius 1 is 1.38 bits per heavy atom. The third-order valence-electron chi connectivity index (χ3n) is 4.41. The number of halogens is 3. The fourth-order valence-electron chi connectivity index (χ4n) is 3.11. The van der Waals surface area contributed by atoms with Gasteiger partial charge in [0.1, 0.15) is 0 Å². The van der Waals surface area contributed by atoms with Crippen LogP contribution in [-0.2, 0) is 0 Å². The third kappa shape index (κ3) is 3.54. The number of rotatable bonds is 5. The summed E-state index contributed by atoms with van der Waals surface area (Å²) in [6.45, 7) is 1.25. The van der Waals surface area contributed by atoms with Gasteiger partial charge in [0.05, 0.1) is 11.4 Å². The summed E-state index contributed by atoms with van der Waals surface area (Å²) in [7, 11) is 0. The summed E-state index contributed by atoms with van der Waals surface area (Å²) in [5.41, 5.74) is 6.41. The molecule has 0 heterocycles. The van der Waals surface area contributed by atoms with Crippen molar-refractivity contribution in [3.63, 3.8) is 0 Å². The topological polar surface area (TPSA) is 47.3 Å². The van der Waals surface area contributed by atoms with Crippen LogP contribution in [0.5, 0.6) is 5.75 Å². The number of nitrogen functional groups attached to an aromatic ring is 1. The van der Waals surface area contributed by atoms with Crippen molar-refractivity contribution in [2.45, 2.75) is 45.8 Å². The summed E-state index contributed by atoms with van der Waals surface area (Å²) < 4.78 is 42.2. The van der Waals surface area contributed by atoms with Gasteiger partial charge in [-0.3, -0.25) is 0 Å². The zero-order valence-electron chi connectivity index (χ0n) is 12.2. The second kappa shape index (κ2) is 6.45. The quantitative estimate of drug-likeness (QED) is 0.800. The average molecular weight is 302 g/mol. The van der Waals surface area contributed by atoms with Crippen LogP contribution in [0.25, 0.3) is 0 Å². The van der Waals surface area contributed by atoms with E-state index in [1.54, 1.807) is 0 Å². The van der Waals surface area contributed by atoms with Crippen LogP contribution in [-0.4, -0.2) is 12.7 Å². The first kappa shape index (κ1) is 15.8. The number of alkyl halides is 2. The smallest absolute Gasteiger partial charge is 0.387 e. The van der Waals surface area contributed by atoms with Crippen molar-refractivity contribution < 1.29 is 17.9 Å². The molecule has 1 aliphatic rings. The fourth-order valence-corrected chi connectivity index (χ4v) is 3.11. The second-order valence-electron chi connectivity index (χ2n) is 5.60. The normalized spacial score (nSPS) is 25.3. The van der Waals surface area contributed by atoms with Crippen LogP contribution >= 0.6 is 0 Å². The maximum absolute atomic E-state index is 13.5. The van der Waals surface area contributed by atoms with Gasteiger partial charge in [0.2, 0.25) is 0 Å². The first-order chi connectivity index (χ1) is 9.92. The van der Waals surface area contributed by atoms with Crippen LogP contribution in [0.2, 0.25) is 0 Å². The van der Waals surface area contributed by atoms with E-state index in [2.05, 4.69) is 23.9 Å². The van der Waals surface area contributed by atoms with Gasteiger partial charge in [-0.2, -0.15) is 8.78 Å². The van der Waals surface area contributed by atoms with Crippen molar-refractivity contribution in [2.24, 2.45) is 11.8 Å². The molecule has 6 heteroatoms. The predicted octanol–water partition coefficient (Wildman–Crippen LogP) is 4.25. The molecule has 0 bridgehead atoms. The summed E-state index contributed by atoms with van der Waals surface area (Å²) in [6.07, 6.45) is 3.22. The van der Waals surface area contributed by atoms with Crippen molar-refractivity contribution >= 4 is 11.4 Å². The van der Waals surface area contributed by atoms with Gasteiger partial charge in [0, 0.05) is 18.2 Å². The summed E-state index contributed by atoms with van der Waals surface area (Å²) >= 11 is 0. The standard InChI is InChI=1S/C15H21F3N2O/c1-3-9-4-5-12(8(9)2)20-13-7-14(21-15(17)18)10(16)6-11(13)19/h6-9,12,15,20H,3-5,19H2,1-2H3. The van der Waals surface area contributed by atoms with E-state index in [1.807, 2.05) is 0 Å². The summed E-state index contributed by atoms with van der Waals surface area (Å²) in [4.78, 5) is 0. The second-order valence-corrected chi connectivity index (χ2v) is 5.60. The number of hydrogen-bond acceptors (Lipinski definition) is 3. The zero-order chi connectivity index (χ0) is 15.6. The minimum Gasteiger partial charge on any atom is -0.432 e. The molecule has 1 saturated carbocycles. The molecule has 3 atom stereocenters. The van der Waals surface area contributed by atoms with Gasteiger partial charge in [-0.25, -0.2) is 4.39 Å². The van der Waals surface area contributed by atoms with Crippen molar-refractivity contribution in [3.05, 3.63) is 17.9 Å². The Morgan fingerprint density at radius 2 is 2.10 bits per heavy atom. The van der Waals surface area contributed by atoms with Crippen LogP contribution in [0.4, 0.5) is 24.5 Å². The van der Waals surface area contributed by atoms with Gasteiger partial charge < -0.3 is 15.8 Å². The Morgan fingerprint density at radius 3 is 2.67 bits per heavy atom. The highest BCUT2D eigenvalue weighted by atomic mass is 19.3. The lowest BCUT2D eigenvalue weighted by molar-refractivity contribution is -0.0521. The van der Waals surface area contributed by atoms with E-state index in [9.17, 15) is 13.2 Å². The molecule has 0 aliphatic heterocycles. The molecule has 0 spiro atoms. The van der Waals surface area contributed by atoms with Crippen LogP contribution < -0.4 is 15.8 Å². The Labute approximate surface area is 122 Å². The molecule has 1 fully saturated rings. The molecule has 0 aromatic heterocycles. The summed E-state index contributed by atoms with van der Waals surface area (Å²) in [5.74, 6) is -0.275. The zero-order valence-corrected chi connectivity index (χ0v) is 12.2. The largest absolute Gasteiger partial charge is 0.432 e. The molecule has 0 amide bonds. The lowest BCUT2D eigenvalue weighted by Gasteiger charge is -2.23. The molecule has 2 rings (SSSR count). The van der Waals surface area contributed by atoms with Crippen LogP contribution in [0.1, 0.15) is 33.1 Å². The lowest BCUT2D eigenvalue weighted by Crippen LogP contribution is -2.25. The highest BCUT2D eigenvalue weighted by Crippen LogP contribution is 2.37. The Balaban J connectivity index is 2.16. The van der Waals surface area contributed by atoms with Crippen molar-refractivity contribution in [1.82, 2.24) is 0 Å². The van der Waals surface area contributed by atoms with E-state index < -0.39 is 18.2 Å². The molecular formula is C15H21F3N2O. The van der Waals surface area contributed by atoms with Crippen molar-refractivity contribution in [2.75, 3.05) is 11.1 Å². The Hall–Kier alpha value is -1.59. The van der Waals surface area contributed by atoms with Gasteiger partial charge in [0.15, 0.2) is 11.6 Å². The van der Waals surface area contributed by atoms with Crippen LogP contribution in [0, 0.1) is 17.7 Å². The number of ether oxygens (including phenoxy) is 1. The first-order valence-electron chi connectivity index (χ1n) is 7.22. The maximum Gasteiger partial charge on any atom is 0.387 e. The molecule has 0 radical (unpaired) electrons. The van der Waals surface area contributed by atoms with E-state index >= 15 is 0 Å². The Kier molecular flexibility index (Phi) is 4.85. The predicted molar refractivity (Wildman–Crippen MR) is 77.0 cm³/mol. The molecule has 21 heavy (non-hydrogen) atoms. The highest BCUT2D eigenvalue weighted by molar-refractivity contribution is 5.69. The molecule has 1 aromatic rings. The fraction of sp³-hybridized carbons (Fsp3) is 0.600. The number of nitrogens with two attached hydrogens (primary N) is 1. The minimum absolute atomic E-state index is 0.196. The summed E-state index contributed by atoms with van der Waals surface area (Å²) in [6, 6.07) is 2.43. The van der Waals surface area contributed by atoms with Gasteiger partial charge in [-0.05, 0) is 24.7 Å². The van der Waals surface area contributed by atoms with Crippen LogP contribution in [0.15, 0.2) is 12.1 Å². The molecule has 118 valence electrons. The van der Waals surface area contributed by atoms with E-state index in [4.69, 9.17) is 5.73 Å². The van der Waals surface area contributed by atoms with E-state index in [-0.39, 0.29) is 11.7 Å². The van der Waals surface area contributed by atoms with Gasteiger partial charge >= 0.3 is 6.61 Å². The number of benzene rings is 1. The Bertz CT molecular complexity index is 496. The molecule has 1 aromatic carbocycles. The van der Waals surface area contributed by atoms with E-state index in [0.717, 1.165) is 25.3 Å². The molecule has 1 aliphatic carbocycles. The number of anilines is 2. The molecular weight excluding hydrogens is 281 g/mol. The SMILES string of the molecule is CCC1CCC(Nc2cc(OC(F)F)c(F)cc2N)C1C. The first-order valence-corrected chi connectivity index (χ1v) is 7.22. The van der Waals surface area contributed by atoms with Crippen molar-refractivity contribution in [3.8, 4) is 5.75 Å².